The highest BCUT2D eigenvalue weighted by Gasteiger charge is 2.28. The summed E-state index contributed by atoms with van der Waals surface area (Å²) in [5, 5.41) is 13.7. The van der Waals surface area contributed by atoms with Gasteiger partial charge >= 0.3 is 0 Å². The van der Waals surface area contributed by atoms with Crippen LogP contribution in [-0.4, -0.2) is 58.3 Å². The molecule has 2 aliphatic heterocycles. The normalized spacial score (nSPS) is 21.5. The van der Waals surface area contributed by atoms with Crippen LogP contribution in [0.3, 0.4) is 0 Å². The molecule has 0 bridgehead atoms. The Balaban J connectivity index is 1.38. The molecule has 156 valence electrons. The van der Waals surface area contributed by atoms with Crippen LogP contribution in [0.25, 0.3) is 0 Å². The lowest BCUT2D eigenvalue weighted by Crippen LogP contribution is -2.39. The van der Waals surface area contributed by atoms with Crippen LogP contribution in [0.15, 0.2) is 28.8 Å². The maximum Gasteiger partial charge on any atom is 0.292 e. The first kappa shape index (κ1) is 20.0. The number of piperidine rings is 2. The topological polar surface area (TPSA) is 69.8 Å². The summed E-state index contributed by atoms with van der Waals surface area (Å²) in [7, 11) is 0. The molecule has 1 aromatic carbocycles. The fraction of sp³-hybridized carbons (Fsp3) is 0.524. The lowest BCUT2D eigenvalue weighted by molar-refractivity contribution is 0.0512. The van der Waals surface area contributed by atoms with Crippen molar-refractivity contribution in [2.45, 2.75) is 44.2 Å². The molecule has 1 atom stereocenters. The molecule has 2 saturated heterocycles. The van der Waals surface area contributed by atoms with Crippen LogP contribution in [0.4, 0.5) is 8.78 Å². The first-order valence-electron chi connectivity index (χ1n) is 10.1. The summed E-state index contributed by atoms with van der Waals surface area (Å²) < 4.78 is 31.9. The highest BCUT2D eigenvalue weighted by Crippen LogP contribution is 2.28. The molecule has 8 heteroatoms. The van der Waals surface area contributed by atoms with Gasteiger partial charge in [-0.1, -0.05) is 11.2 Å². The smallest absolute Gasteiger partial charge is 0.292 e. The van der Waals surface area contributed by atoms with E-state index in [1.807, 2.05) is 0 Å². The third-order valence-electron chi connectivity index (χ3n) is 5.80. The maximum atomic E-state index is 13.5. The van der Waals surface area contributed by atoms with Crippen molar-refractivity contribution >= 4 is 5.91 Å². The zero-order valence-corrected chi connectivity index (χ0v) is 16.2. The van der Waals surface area contributed by atoms with E-state index in [0.717, 1.165) is 43.3 Å². The molecule has 1 N–H and O–H groups in total. The number of nitrogens with zero attached hydrogens (tertiary/aromatic N) is 3. The SMILES string of the molecule is O=C(c1cc([C@@H]2CCCN(Cc3ccc(F)c(F)c3)C2)no1)N1CCC(O)CC1. The second-order valence-electron chi connectivity index (χ2n) is 7.96. The van der Waals surface area contributed by atoms with Gasteiger partial charge in [0.1, 0.15) is 0 Å². The molecule has 0 unspecified atom stereocenters. The average molecular weight is 405 g/mol. The molecule has 2 aromatic rings. The van der Waals surface area contributed by atoms with E-state index < -0.39 is 11.6 Å². The lowest BCUT2D eigenvalue weighted by atomic mass is 9.94. The Bertz CT molecular complexity index is 865. The minimum absolute atomic E-state index is 0.127. The van der Waals surface area contributed by atoms with Crippen molar-refractivity contribution in [1.29, 1.82) is 0 Å². The van der Waals surface area contributed by atoms with Gasteiger partial charge < -0.3 is 14.5 Å². The molecule has 2 fully saturated rings. The number of carbonyl (C=O) groups is 1. The van der Waals surface area contributed by atoms with E-state index in [2.05, 4.69) is 10.1 Å². The van der Waals surface area contributed by atoms with Crippen molar-refractivity contribution < 1.29 is 23.2 Å². The minimum Gasteiger partial charge on any atom is -0.393 e. The molecule has 0 saturated carbocycles. The number of amides is 1. The standard InChI is InChI=1S/C21H25F2N3O3/c22-17-4-3-14(10-18(17)23)12-25-7-1-2-15(13-25)19-11-20(29-24-19)21(28)26-8-5-16(27)6-9-26/h3-4,10-11,15-16,27H,1-2,5-9,12-13H2/t15-/m1/s1. The molecule has 6 nitrogen and oxygen atoms in total. The molecule has 29 heavy (non-hydrogen) atoms. The molecule has 3 heterocycles. The fourth-order valence-corrected chi connectivity index (χ4v) is 4.14. The molecule has 1 aromatic heterocycles. The summed E-state index contributed by atoms with van der Waals surface area (Å²) in [6.07, 6.45) is 2.70. The third-order valence-corrected chi connectivity index (χ3v) is 5.80. The molecule has 1 amide bonds. The van der Waals surface area contributed by atoms with Crippen LogP contribution in [-0.2, 0) is 6.54 Å². The number of carbonyl (C=O) groups excluding carboxylic acids is 1. The highest BCUT2D eigenvalue weighted by molar-refractivity contribution is 5.91. The van der Waals surface area contributed by atoms with Crippen LogP contribution in [0.5, 0.6) is 0 Å². The van der Waals surface area contributed by atoms with E-state index in [0.29, 0.717) is 32.5 Å². The van der Waals surface area contributed by atoms with Crippen LogP contribution < -0.4 is 0 Å². The number of aliphatic hydroxyl groups is 1. The van der Waals surface area contributed by atoms with Gasteiger partial charge in [0, 0.05) is 38.2 Å². The van der Waals surface area contributed by atoms with Crippen molar-refractivity contribution in [3.63, 3.8) is 0 Å². The Labute approximate surface area is 168 Å². The predicted octanol–water partition coefficient (Wildman–Crippen LogP) is 2.93. The molecule has 0 spiro atoms. The van der Waals surface area contributed by atoms with Crippen molar-refractivity contribution in [2.75, 3.05) is 26.2 Å². The first-order valence-corrected chi connectivity index (χ1v) is 10.1. The zero-order chi connectivity index (χ0) is 20.4. The monoisotopic (exact) mass is 405 g/mol. The molecule has 0 radical (unpaired) electrons. The molecule has 2 aliphatic rings. The van der Waals surface area contributed by atoms with E-state index in [9.17, 15) is 18.7 Å². The van der Waals surface area contributed by atoms with Crippen LogP contribution in [0.1, 0.15) is 53.4 Å². The van der Waals surface area contributed by atoms with E-state index in [-0.39, 0.29) is 23.7 Å². The number of halogens is 2. The van der Waals surface area contributed by atoms with Crippen molar-refractivity contribution in [2.24, 2.45) is 0 Å². The minimum atomic E-state index is -0.840. The van der Waals surface area contributed by atoms with Gasteiger partial charge in [-0.3, -0.25) is 9.69 Å². The third kappa shape index (κ3) is 4.64. The zero-order valence-electron chi connectivity index (χ0n) is 16.2. The van der Waals surface area contributed by atoms with Gasteiger partial charge in [-0.15, -0.1) is 0 Å². The molecular weight excluding hydrogens is 380 g/mol. The maximum absolute atomic E-state index is 13.5. The van der Waals surface area contributed by atoms with Gasteiger partial charge in [0.2, 0.25) is 5.76 Å². The summed E-state index contributed by atoms with van der Waals surface area (Å²) in [5.41, 5.74) is 1.48. The molecular formula is C21H25F2N3O3. The van der Waals surface area contributed by atoms with E-state index in [1.54, 1.807) is 17.0 Å². The summed E-state index contributed by atoms with van der Waals surface area (Å²) in [6.45, 7) is 3.15. The number of hydrogen-bond acceptors (Lipinski definition) is 5. The number of aliphatic hydroxyl groups excluding tert-OH is 1. The van der Waals surface area contributed by atoms with Gasteiger partial charge in [-0.05, 0) is 49.9 Å². The van der Waals surface area contributed by atoms with Gasteiger partial charge in [-0.2, -0.15) is 0 Å². The number of likely N-dealkylation sites (tertiary alicyclic amines) is 2. The quantitative estimate of drug-likeness (QED) is 0.847. The predicted molar refractivity (Wildman–Crippen MR) is 101 cm³/mol. The average Bonchev–Trinajstić information content (AvgIpc) is 3.21. The largest absolute Gasteiger partial charge is 0.393 e. The second-order valence-corrected chi connectivity index (χ2v) is 7.96. The molecule has 4 rings (SSSR count). The number of hydrogen-bond donors (Lipinski definition) is 1. The Morgan fingerprint density at radius 1 is 1.14 bits per heavy atom. The highest BCUT2D eigenvalue weighted by atomic mass is 19.2. The Morgan fingerprint density at radius 2 is 1.93 bits per heavy atom. The van der Waals surface area contributed by atoms with Crippen LogP contribution in [0, 0.1) is 11.6 Å². The fourth-order valence-electron chi connectivity index (χ4n) is 4.14. The van der Waals surface area contributed by atoms with E-state index in [1.165, 1.54) is 6.07 Å². The number of benzene rings is 1. The second kappa shape index (κ2) is 8.59. The summed E-state index contributed by atoms with van der Waals surface area (Å²) in [5.74, 6) is -1.50. The van der Waals surface area contributed by atoms with Gasteiger partial charge in [0.15, 0.2) is 11.6 Å². The van der Waals surface area contributed by atoms with Crippen LogP contribution in [0.2, 0.25) is 0 Å². The van der Waals surface area contributed by atoms with Crippen molar-refractivity contribution in [1.82, 2.24) is 15.0 Å². The lowest BCUT2D eigenvalue weighted by Gasteiger charge is -2.31. The molecule has 0 aliphatic carbocycles. The number of aromatic nitrogens is 1. The summed E-state index contributed by atoms with van der Waals surface area (Å²) >= 11 is 0. The van der Waals surface area contributed by atoms with Gasteiger partial charge in [-0.25, -0.2) is 8.78 Å². The summed E-state index contributed by atoms with van der Waals surface area (Å²) in [4.78, 5) is 16.5. The Kier molecular flexibility index (Phi) is 5.91. The van der Waals surface area contributed by atoms with Crippen molar-refractivity contribution in [3.05, 3.63) is 52.9 Å². The van der Waals surface area contributed by atoms with Gasteiger partial charge in [0.25, 0.3) is 5.91 Å². The summed E-state index contributed by atoms with van der Waals surface area (Å²) in [6, 6.07) is 5.71. The van der Waals surface area contributed by atoms with Crippen molar-refractivity contribution in [3.8, 4) is 0 Å². The van der Waals surface area contributed by atoms with Crippen LogP contribution >= 0.6 is 0 Å². The van der Waals surface area contributed by atoms with E-state index >= 15 is 0 Å². The Morgan fingerprint density at radius 3 is 2.69 bits per heavy atom. The number of rotatable bonds is 4. The van der Waals surface area contributed by atoms with E-state index in [4.69, 9.17) is 4.52 Å². The Hall–Kier alpha value is -2.32. The van der Waals surface area contributed by atoms with Gasteiger partial charge in [0.05, 0.1) is 11.8 Å². The first-order chi connectivity index (χ1) is 14.0.